The zero-order valence-corrected chi connectivity index (χ0v) is 10.4. The lowest BCUT2D eigenvalue weighted by Gasteiger charge is -2.22. The molecule has 0 saturated heterocycles. The van der Waals surface area contributed by atoms with Gasteiger partial charge in [-0.05, 0) is 13.3 Å². The molecule has 1 aromatic heterocycles. The predicted octanol–water partition coefficient (Wildman–Crippen LogP) is 1.31. The Morgan fingerprint density at radius 3 is 2.94 bits per heavy atom. The van der Waals surface area contributed by atoms with Gasteiger partial charge in [-0.15, -0.1) is 0 Å². The number of carbonyl (C=O) groups is 1. The van der Waals surface area contributed by atoms with Gasteiger partial charge < -0.3 is 9.57 Å². The van der Waals surface area contributed by atoms with Crippen molar-refractivity contribution in [3.8, 4) is 0 Å². The van der Waals surface area contributed by atoms with E-state index in [0.29, 0.717) is 30.9 Å². The summed E-state index contributed by atoms with van der Waals surface area (Å²) in [6, 6.07) is 0. The highest BCUT2D eigenvalue weighted by molar-refractivity contribution is 6.03. The molecular weight excluding hydrogens is 234 g/mol. The van der Waals surface area contributed by atoms with Crippen molar-refractivity contribution in [2.45, 2.75) is 32.3 Å². The molecule has 0 spiro atoms. The largest absolute Gasteiger partial charge is 0.463 e. The van der Waals surface area contributed by atoms with E-state index in [9.17, 15) is 4.79 Å². The Morgan fingerprint density at radius 1 is 1.50 bits per heavy atom. The van der Waals surface area contributed by atoms with E-state index in [2.05, 4.69) is 15.1 Å². The Balaban J connectivity index is 2.16. The maximum absolute atomic E-state index is 11.9. The zero-order valence-electron chi connectivity index (χ0n) is 10.4. The van der Waals surface area contributed by atoms with Crippen LogP contribution in [0.1, 0.15) is 32.4 Å². The van der Waals surface area contributed by atoms with Crippen LogP contribution in [-0.4, -0.2) is 33.9 Å². The van der Waals surface area contributed by atoms with E-state index in [1.165, 1.54) is 0 Å². The quantitative estimate of drug-likeness (QED) is 0.752. The first kappa shape index (κ1) is 12.5. The lowest BCUT2D eigenvalue weighted by Crippen LogP contribution is -2.40. The Labute approximate surface area is 105 Å². The molecule has 2 rings (SSSR count). The Kier molecular flexibility index (Phi) is 3.55. The number of rotatable bonds is 4. The van der Waals surface area contributed by atoms with Crippen LogP contribution < -0.4 is 0 Å². The number of hydrogen-bond acceptors (Lipinski definition) is 6. The van der Waals surface area contributed by atoms with Crippen LogP contribution in [0.3, 0.4) is 0 Å². The van der Waals surface area contributed by atoms with Crippen LogP contribution in [0, 0.1) is 0 Å². The van der Waals surface area contributed by atoms with Gasteiger partial charge in [0.25, 0.3) is 0 Å². The van der Waals surface area contributed by atoms with Crippen LogP contribution in [0.4, 0.5) is 0 Å². The number of carbonyl (C=O) groups excluding carboxylic acids is 1. The summed E-state index contributed by atoms with van der Waals surface area (Å²) in [5.41, 5.74) is 0.234. The maximum atomic E-state index is 11.9. The van der Waals surface area contributed by atoms with Crippen LogP contribution in [0.2, 0.25) is 0 Å². The minimum Gasteiger partial charge on any atom is -0.463 e. The minimum absolute atomic E-state index is 0.324. The van der Waals surface area contributed by atoms with E-state index in [0.717, 1.165) is 0 Å². The fourth-order valence-corrected chi connectivity index (χ4v) is 1.77. The van der Waals surface area contributed by atoms with Crippen LogP contribution in [-0.2, 0) is 14.4 Å². The van der Waals surface area contributed by atoms with E-state index in [4.69, 9.17) is 9.57 Å². The minimum atomic E-state index is -1.01. The van der Waals surface area contributed by atoms with Gasteiger partial charge in [-0.25, -0.2) is 4.79 Å². The molecule has 6 nitrogen and oxygen atoms in total. The van der Waals surface area contributed by atoms with Crippen molar-refractivity contribution in [3.05, 3.63) is 24.3 Å². The van der Waals surface area contributed by atoms with Gasteiger partial charge in [0.1, 0.15) is 11.4 Å². The van der Waals surface area contributed by atoms with E-state index < -0.39 is 5.60 Å². The number of aromatic nitrogens is 2. The van der Waals surface area contributed by atoms with Gasteiger partial charge in [0, 0.05) is 18.8 Å². The summed E-state index contributed by atoms with van der Waals surface area (Å²) in [5, 5.41) is 3.95. The van der Waals surface area contributed by atoms with Gasteiger partial charge in [0.2, 0.25) is 5.60 Å². The number of nitrogens with zero attached hydrogens (tertiary/aromatic N) is 3. The highest BCUT2D eigenvalue weighted by Gasteiger charge is 2.47. The zero-order chi connectivity index (χ0) is 13.0. The summed E-state index contributed by atoms with van der Waals surface area (Å²) >= 11 is 0. The topological polar surface area (TPSA) is 73.7 Å². The average molecular weight is 249 g/mol. The highest BCUT2D eigenvalue weighted by Crippen LogP contribution is 2.30. The van der Waals surface area contributed by atoms with Crippen molar-refractivity contribution in [1.82, 2.24) is 9.97 Å². The van der Waals surface area contributed by atoms with Gasteiger partial charge in [0.15, 0.2) is 0 Å². The third kappa shape index (κ3) is 2.18. The molecule has 0 aromatic carbocycles. The van der Waals surface area contributed by atoms with E-state index in [1.54, 1.807) is 25.5 Å². The smallest absolute Gasteiger partial charge is 0.353 e. The fourth-order valence-electron chi connectivity index (χ4n) is 1.77. The van der Waals surface area contributed by atoms with Gasteiger partial charge >= 0.3 is 5.97 Å². The summed E-state index contributed by atoms with van der Waals surface area (Å²) < 4.78 is 5.03. The summed E-state index contributed by atoms with van der Waals surface area (Å²) in [7, 11) is 0. The first-order valence-corrected chi connectivity index (χ1v) is 5.90. The molecule has 0 radical (unpaired) electrons. The molecular formula is C12H15N3O3. The normalized spacial score (nSPS) is 22.2. The third-order valence-corrected chi connectivity index (χ3v) is 2.86. The van der Waals surface area contributed by atoms with Crippen molar-refractivity contribution >= 4 is 11.7 Å². The molecule has 1 aliphatic rings. The lowest BCUT2D eigenvalue weighted by atomic mass is 9.93. The predicted molar refractivity (Wildman–Crippen MR) is 63.9 cm³/mol. The van der Waals surface area contributed by atoms with Crippen LogP contribution in [0.25, 0.3) is 0 Å². The molecule has 0 saturated carbocycles. The lowest BCUT2D eigenvalue weighted by molar-refractivity contribution is -0.169. The fraction of sp³-hybridized carbons (Fsp3) is 0.500. The molecule has 0 aliphatic carbocycles. The highest BCUT2D eigenvalue weighted by atomic mass is 16.7. The van der Waals surface area contributed by atoms with Crippen LogP contribution in [0.15, 0.2) is 23.7 Å². The second-order valence-corrected chi connectivity index (χ2v) is 3.97. The molecule has 18 heavy (non-hydrogen) atoms. The molecule has 1 unspecified atom stereocenters. The Morgan fingerprint density at radius 2 is 2.33 bits per heavy atom. The van der Waals surface area contributed by atoms with Crippen molar-refractivity contribution in [2.24, 2.45) is 5.16 Å². The summed E-state index contributed by atoms with van der Waals surface area (Å²) in [6.45, 7) is 3.96. The number of ether oxygens (including phenoxy) is 1. The van der Waals surface area contributed by atoms with E-state index in [1.807, 2.05) is 6.92 Å². The second-order valence-electron chi connectivity index (χ2n) is 3.97. The molecule has 0 fully saturated rings. The summed E-state index contributed by atoms with van der Waals surface area (Å²) in [4.78, 5) is 25.3. The molecule has 0 amide bonds. The van der Waals surface area contributed by atoms with Crippen LogP contribution >= 0.6 is 0 Å². The molecule has 1 aliphatic heterocycles. The monoisotopic (exact) mass is 249 g/mol. The van der Waals surface area contributed by atoms with Gasteiger partial charge in [0.05, 0.1) is 12.8 Å². The van der Waals surface area contributed by atoms with E-state index >= 15 is 0 Å². The summed E-state index contributed by atoms with van der Waals surface area (Å²) in [5.74, 6) is -0.379. The number of oxime groups is 1. The van der Waals surface area contributed by atoms with Crippen molar-refractivity contribution in [2.75, 3.05) is 6.61 Å². The first-order valence-electron chi connectivity index (χ1n) is 5.90. The average Bonchev–Trinajstić information content (AvgIpc) is 2.86. The SMILES string of the molecule is CCOC(=O)C1(CC)CC(c2cnccn2)=NO1. The third-order valence-electron chi connectivity index (χ3n) is 2.86. The molecule has 2 heterocycles. The van der Waals surface area contributed by atoms with Crippen molar-refractivity contribution in [3.63, 3.8) is 0 Å². The Hall–Kier alpha value is -1.98. The molecule has 6 heteroatoms. The standard InChI is InChI=1S/C12H15N3O3/c1-3-12(11(16)17-4-2)7-9(15-18-12)10-8-13-5-6-14-10/h5-6,8H,3-4,7H2,1-2H3. The second kappa shape index (κ2) is 5.12. The molecule has 1 aromatic rings. The number of esters is 1. The molecule has 1 atom stereocenters. The first-order chi connectivity index (χ1) is 8.72. The van der Waals surface area contributed by atoms with Gasteiger partial charge in [-0.1, -0.05) is 12.1 Å². The summed E-state index contributed by atoms with van der Waals surface area (Å²) in [6.07, 6.45) is 5.62. The molecule has 0 bridgehead atoms. The van der Waals surface area contributed by atoms with Crippen LogP contribution in [0.5, 0.6) is 0 Å². The van der Waals surface area contributed by atoms with E-state index in [-0.39, 0.29) is 5.97 Å². The van der Waals surface area contributed by atoms with Crippen molar-refractivity contribution < 1.29 is 14.4 Å². The van der Waals surface area contributed by atoms with Crippen molar-refractivity contribution in [1.29, 1.82) is 0 Å². The molecule has 96 valence electrons. The number of hydrogen-bond donors (Lipinski definition) is 0. The van der Waals surface area contributed by atoms with Gasteiger partial charge in [-0.3, -0.25) is 9.97 Å². The maximum Gasteiger partial charge on any atom is 0.353 e. The Bertz CT molecular complexity index is 461. The van der Waals surface area contributed by atoms with Gasteiger partial charge in [-0.2, -0.15) is 0 Å². The molecule has 0 N–H and O–H groups in total.